The van der Waals surface area contributed by atoms with Crippen molar-refractivity contribution in [2.24, 2.45) is 11.8 Å². The first-order chi connectivity index (χ1) is 16.0. The Morgan fingerprint density at radius 3 is 2.65 bits per heavy atom. The molecule has 0 aliphatic heterocycles. The molecule has 5 atom stereocenters. The molecular weight excluding hydrogens is 563 g/mol. The summed E-state index contributed by atoms with van der Waals surface area (Å²) in [4.78, 5) is 17.4. The van der Waals surface area contributed by atoms with E-state index in [1.807, 2.05) is 17.5 Å². The largest absolute Gasteiger partial charge is 0.437 e. The Bertz CT molecular complexity index is 837. The number of hydrogen-bond acceptors (Lipinski definition) is 6. The summed E-state index contributed by atoms with van der Waals surface area (Å²) in [6.45, 7) is 4.77. The first kappa shape index (κ1) is 30.4. The summed E-state index contributed by atoms with van der Waals surface area (Å²) in [5.41, 5.74) is 2.17. The Morgan fingerprint density at radius 1 is 1.24 bits per heavy atom. The van der Waals surface area contributed by atoms with Crippen LogP contribution in [0.5, 0.6) is 0 Å². The second-order valence-electron chi connectivity index (χ2n) is 8.73. The van der Waals surface area contributed by atoms with Gasteiger partial charge in [-0.2, -0.15) is 11.8 Å². The van der Waals surface area contributed by atoms with Gasteiger partial charge < -0.3 is 14.8 Å². The number of nitrogens with zero attached hydrogens (tertiary/aromatic N) is 1. The molecule has 1 aromatic carbocycles. The topological polar surface area (TPSA) is 59.4 Å². The number of ketones is 1. The van der Waals surface area contributed by atoms with Crippen LogP contribution in [-0.4, -0.2) is 39.7 Å². The second-order valence-corrected chi connectivity index (χ2v) is 11.4. The molecule has 34 heavy (non-hydrogen) atoms. The van der Waals surface area contributed by atoms with Gasteiger partial charge in [0.15, 0.2) is 5.78 Å². The number of alkyl halides is 1. The molecule has 4 nitrogen and oxygen atoms in total. The number of halogens is 1. The van der Waals surface area contributed by atoms with Crippen molar-refractivity contribution < 1.29 is 47.3 Å². The van der Waals surface area contributed by atoms with E-state index in [1.165, 1.54) is 5.56 Å². The molecule has 1 N–H and O–H groups in total. The van der Waals surface area contributed by atoms with Crippen LogP contribution in [0.15, 0.2) is 34.0 Å². The fourth-order valence-corrected chi connectivity index (χ4v) is 6.61. The molecule has 1 fully saturated rings. The monoisotopic (exact) mass is 597 g/mol. The minimum atomic E-state index is -0.502. The van der Waals surface area contributed by atoms with Crippen LogP contribution < -0.4 is 0 Å². The number of aliphatic hydroxyl groups excluding tert-OH is 1. The van der Waals surface area contributed by atoms with E-state index < -0.39 is 12.2 Å². The zero-order valence-electron chi connectivity index (χ0n) is 20.1. The number of aliphatic hydroxyl groups is 1. The van der Waals surface area contributed by atoms with E-state index in [2.05, 4.69) is 37.2 Å². The molecular formula is C26H35ClNO3S2Y-. The molecule has 1 heterocycles. The average Bonchev–Trinajstić information content (AvgIpc) is 3.41. The normalized spacial score (nSPS) is 23.1. The fourth-order valence-electron chi connectivity index (χ4n) is 4.47. The van der Waals surface area contributed by atoms with Gasteiger partial charge in [-0.05, 0) is 59.2 Å². The Balaban J connectivity index is 0.00000408. The molecule has 2 aromatic rings. The minimum Gasteiger partial charge on any atom is -0.437 e. The molecule has 3 unspecified atom stereocenters. The number of hydrogen-bond donors (Lipinski definition) is 1. The Labute approximate surface area is 242 Å². The van der Waals surface area contributed by atoms with Gasteiger partial charge in [-0.1, -0.05) is 56.3 Å². The molecule has 1 aliphatic carbocycles. The molecule has 0 saturated heterocycles. The van der Waals surface area contributed by atoms with Gasteiger partial charge in [0.05, 0.1) is 11.5 Å². The van der Waals surface area contributed by atoms with Gasteiger partial charge in [0.1, 0.15) is 6.10 Å². The standard InChI is InChI=1S/C26H35ClNO3S2.Y/c1-3-5-15-31-25-23(27)20(21(24(25)30)13-16-32-26-28-14-17-33-26)12-9-18-7-10-19(11-8-18)22(29)6-4-2;/h7-8,10-11,17,20-23,25,29H,3-6,9,12-13,15-16H2,1-2H3;/q-1;/t20-,21-,22?,23?,25?;/m1./s1. The van der Waals surface area contributed by atoms with E-state index in [0.717, 1.165) is 60.6 Å². The van der Waals surface area contributed by atoms with Crippen LogP contribution in [0.2, 0.25) is 0 Å². The van der Waals surface area contributed by atoms with Gasteiger partial charge in [-0.25, -0.2) is 11.3 Å². The molecule has 0 spiro atoms. The van der Waals surface area contributed by atoms with Crippen LogP contribution in [0.1, 0.15) is 69.6 Å². The summed E-state index contributed by atoms with van der Waals surface area (Å²) in [6, 6.07) is 8.22. The van der Waals surface area contributed by atoms with Crippen molar-refractivity contribution in [2.45, 2.75) is 80.7 Å². The van der Waals surface area contributed by atoms with E-state index >= 15 is 0 Å². The number of aromatic nitrogens is 1. The second kappa shape index (κ2) is 16.1. The van der Waals surface area contributed by atoms with Crippen molar-refractivity contribution in [1.82, 2.24) is 4.98 Å². The Hall–Kier alpha value is 0.184. The number of benzene rings is 1. The van der Waals surface area contributed by atoms with Crippen molar-refractivity contribution in [2.75, 3.05) is 12.4 Å². The summed E-state index contributed by atoms with van der Waals surface area (Å²) in [5, 5.41) is 11.8. The Kier molecular flexibility index (Phi) is 14.4. The summed E-state index contributed by atoms with van der Waals surface area (Å²) < 4.78 is 6.95. The van der Waals surface area contributed by atoms with Crippen molar-refractivity contribution >= 4 is 40.5 Å². The third-order valence-corrected chi connectivity index (χ3v) is 8.86. The van der Waals surface area contributed by atoms with Crippen LogP contribution >= 0.6 is 34.7 Å². The summed E-state index contributed by atoms with van der Waals surface area (Å²) >= 11 is 10.1. The van der Waals surface area contributed by atoms with E-state index in [9.17, 15) is 9.90 Å². The quantitative estimate of drug-likeness (QED) is 0.117. The average molecular weight is 598 g/mol. The third kappa shape index (κ3) is 8.64. The number of ether oxygens (including phenoxy) is 1. The molecule has 0 bridgehead atoms. The number of aryl methyl sites for hydroxylation is 1. The maximum atomic E-state index is 13.2. The van der Waals surface area contributed by atoms with Crippen molar-refractivity contribution in [3.8, 4) is 0 Å². The van der Waals surface area contributed by atoms with Crippen molar-refractivity contribution in [3.63, 3.8) is 0 Å². The first-order valence-corrected chi connectivity index (χ1v) is 14.4. The van der Waals surface area contributed by atoms with E-state index in [4.69, 9.17) is 16.3 Å². The maximum Gasteiger partial charge on any atom is 0.166 e. The fraction of sp³-hybridized carbons (Fsp3) is 0.615. The van der Waals surface area contributed by atoms with Gasteiger partial charge in [-0.3, -0.25) is 4.79 Å². The van der Waals surface area contributed by atoms with Crippen molar-refractivity contribution in [1.29, 1.82) is 0 Å². The number of thioether (sulfide) groups is 1. The molecule has 1 saturated carbocycles. The summed E-state index contributed by atoms with van der Waals surface area (Å²) in [7, 11) is 0. The predicted octanol–water partition coefficient (Wildman–Crippen LogP) is 6.50. The zero-order valence-corrected chi connectivity index (χ0v) is 25.3. The minimum absolute atomic E-state index is 0. The van der Waals surface area contributed by atoms with Crippen LogP contribution in [0, 0.1) is 18.0 Å². The number of rotatable bonds is 14. The molecule has 1 radical (unpaired) electrons. The number of carbonyl (C=O) groups is 1. The van der Waals surface area contributed by atoms with Crippen molar-refractivity contribution in [3.05, 3.63) is 47.0 Å². The number of thiazole rings is 1. The smallest absolute Gasteiger partial charge is 0.166 e. The molecule has 185 valence electrons. The van der Waals surface area contributed by atoms with E-state index in [1.54, 1.807) is 23.1 Å². The van der Waals surface area contributed by atoms with Crippen LogP contribution in [-0.2, 0) is 48.7 Å². The summed E-state index contributed by atoms with van der Waals surface area (Å²) in [5.74, 6) is 1.02. The molecule has 3 rings (SSSR count). The van der Waals surface area contributed by atoms with E-state index in [0.29, 0.717) is 6.61 Å². The molecule has 1 aromatic heterocycles. The SMILES string of the molecule is CCCCOC1C(=O)[C@H](CCSc2n[c-]cs2)[C@@H](CCc2ccc(C(O)CCC)cc2)C1Cl.[Y]. The number of carbonyl (C=O) groups excluding carboxylic acids is 1. The molecule has 8 heteroatoms. The van der Waals surface area contributed by atoms with Gasteiger partial charge in [0.2, 0.25) is 0 Å². The predicted molar refractivity (Wildman–Crippen MR) is 137 cm³/mol. The maximum absolute atomic E-state index is 13.2. The number of unbranched alkanes of at least 4 members (excludes halogenated alkanes) is 1. The molecule has 1 aliphatic rings. The Morgan fingerprint density at radius 2 is 2.00 bits per heavy atom. The van der Waals surface area contributed by atoms with Gasteiger partial charge in [0.25, 0.3) is 0 Å². The first-order valence-electron chi connectivity index (χ1n) is 12.1. The number of Topliss-reactive ketones (excluding diaryl/α,β-unsaturated/α-hetero) is 1. The van der Waals surface area contributed by atoms with Crippen LogP contribution in [0.4, 0.5) is 0 Å². The van der Waals surface area contributed by atoms with E-state index in [-0.39, 0.29) is 55.7 Å². The summed E-state index contributed by atoms with van der Waals surface area (Å²) in [6.07, 6.45) is 8.14. The van der Waals surface area contributed by atoms with Gasteiger partial charge in [-0.15, -0.1) is 17.8 Å². The van der Waals surface area contributed by atoms with Gasteiger partial charge >= 0.3 is 0 Å². The molecule has 0 amide bonds. The third-order valence-electron chi connectivity index (χ3n) is 6.37. The van der Waals surface area contributed by atoms with Crippen LogP contribution in [0.3, 0.4) is 0 Å². The zero-order chi connectivity index (χ0) is 23.6. The van der Waals surface area contributed by atoms with Gasteiger partial charge in [0, 0.05) is 45.2 Å². The van der Waals surface area contributed by atoms with Crippen LogP contribution in [0.25, 0.3) is 0 Å².